The molecule has 4 heteroatoms. The molecule has 2 fully saturated rings. The fraction of sp³-hybridized carbons (Fsp3) is 0.818. The second-order valence-electron chi connectivity index (χ2n) is 5.38. The normalized spacial score (nSPS) is 36.5. The molecule has 2 N–H and O–H groups in total. The molecule has 0 bridgehead atoms. The number of rotatable bonds is 3. The topological polar surface area (TPSA) is 66.4 Å². The number of carbonyl (C=O) groups excluding carboxylic acids is 1. The first-order valence-corrected chi connectivity index (χ1v) is 5.45. The van der Waals surface area contributed by atoms with E-state index in [1.54, 1.807) is 0 Å². The minimum absolute atomic E-state index is 0.0693. The predicted molar refractivity (Wildman–Crippen MR) is 54.2 cm³/mol. The average Bonchev–Trinajstić information content (AvgIpc) is 2.91. The van der Waals surface area contributed by atoms with E-state index in [9.17, 15) is 9.59 Å². The van der Waals surface area contributed by atoms with Gasteiger partial charge in [-0.25, -0.2) is 0 Å². The lowest BCUT2D eigenvalue weighted by Crippen LogP contribution is -2.52. The number of hydrogen-bond donors (Lipinski definition) is 2. The Morgan fingerprint density at radius 3 is 2.33 bits per heavy atom. The number of carboxylic acids is 1. The number of hydrogen-bond acceptors (Lipinski definition) is 2. The van der Waals surface area contributed by atoms with Crippen LogP contribution in [0.25, 0.3) is 0 Å². The molecule has 0 saturated heterocycles. The van der Waals surface area contributed by atoms with E-state index in [1.807, 2.05) is 0 Å². The van der Waals surface area contributed by atoms with Crippen LogP contribution in [0.5, 0.6) is 0 Å². The molecule has 0 aromatic rings. The first-order chi connectivity index (χ1) is 6.92. The van der Waals surface area contributed by atoms with Crippen molar-refractivity contribution in [2.24, 2.45) is 17.3 Å². The van der Waals surface area contributed by atoms with Gasteiger partial charge >= 0.3 is 5.97 Å². The summed E-state index contributed by atoms with van der Waals surface area (Å²) >= 11 is 0. The highest BCUT2D eigenvalue weighted by Crippen LogP contribution is 2.42. The minimum atomic E-state index is -0.844. The van der Waals surface area contributed by atoms with Crippen LogP contribution in [0.15, 0.2) is 0 Å². The van der Waals surface area contributed by atoms with E-state index >= 15 is 0 Å². The molecule has 1 amide bonds. The first kappa shape index (κ1) is 10.5. The summed E-state index contributed by atoms with van der Waals surface area (Å²) in [7, 11) is 0. The molecule has 0 aromatic heterocycles. The van der Waals surface area contributed by atoms with Gasteiger partial charge in [0.05, 0.1) is 11.8 Å². The molecule has 1 unspecified atom stereocenters. The maximum absolute atomic E-state index is 11.6. The second-order valence-corrected chi connectivity index (χ2v) is 5.38. The highest BCUT2D eigenvalue weighted by atomic mass is 16.4. The summed E-state index contributed by atoms with van der Waals surface area (Å²) in [4.78, 5) is 22.2. The van der Waals surface area contributed by atoms with Crippen LogP contribution in [0.1, 0.15) is 33.1 Å². The highest BCUT2D eigenvalue weighted by Gasteiger charge is 2.50. The molecule has 2 saturated carbocycles. The Hall–Kier alpha value is -1.06. The fourth-order valence-electron chi connectivity index (χ4n) is 2.17. The van der Waals surface area contributed by atoms with E-state index in [1.165, 1.54) is 0 Å². The van der Waals surface area contributed by atoms with Crippen molar-refractivity contribution in [1.82, 2.24) is 5.32 Å². The molecule has 15 heavy (non-hydrogen) atoms. The average molecular weight is 211 g/mol. The standard InChI is InChI=1S/C11H17NO3/c1-11(2)4-3-8(11)12-9(13)6-5-7(6)10(14)15/h6-8H,3-5H2,1-2H3,(H,12,13)(H,14,15)/t6-,7+,8?/m1/s1. The quantitative estimate of drug-likeness (QED) is 0.732. The molecule has 4 nitrogen and oxygen atoms in total. The summed E-state index contributed by atoms with van der Waals surface area (Å²) in [6.07, 6.45) is 2.66. The van der Waals surface area contributed by atoms with Crippen molar-refractivity contribution in [3.63, 3.8) is 0 Å². The molecule has 0 radical (unpaired) electrons. The van der Waals surface area contributed by atoms with Crippen LogP contribution in [-0.2, 0) is 9.59 Å². The molecule has 0 spiro atoms. The lowest BCUT2D eigenvalue weighted by Gasteiger charge is -2.44. The number of nitrogens with one attached hydrogen (secondary N) is 1. The summed E-state index contributed by atoms with van der Waals surface area (Å²) in [5, 5.41) is 11.7. The molecule has 2 aliphatic carbocycles. The predicted octanol–water partition coefficient (Wildman–Crippen LogP) is 1.01. The smallest absolute Gasteiger partial charge is 0.307 e. The van der Waals surface area contributed by atoms with Crippen LogP contribution >= 0.6 is 0 Å². The van der Waals surface area contributed by atoms with Crippen LogP contribution in [0, 0.1) is 17.3 Å². The van der Waals surface area contributed by atoms with Crippen LogP contribution in [-0.4, -0.2) is 23.0 Å². The lowest BCUT2D eigenvalue weighted by atomic mass is 9.67. The van der Waals surface area contributed by atoms with E-state index in [4.69, 9.17) is 5.11 Å². The highest BCUT2D eigenvalue weighted by molar-refractivity contribution is 5.89. The Labute approximate surface area is 89.0 Å². The molecule has 0 aliphatic heterocycles. The maximum atomic E-state index is 11.6. The van der Waals surface area contributed by atoms with Gasteiger partial charge in [0.2, 0.25) is 5.91 Å². The van der Waals surface area contributed by atoms with Crippen LogP contribution in [0.4, 0.5) is 0 Å². The Balaban J connectivity index is 1.82. The van der Waals surface area contributed by atoms with Crippen molar-refractivity contribution in [3.05, 3.63) is 0 Å². The van der Waals surface area contributed by atoms with Crippen LogP contribution in [0.3, 0.4) is 0 Å². The number of carboxylic acid groups (broad SMARTS) is 1. The van der Waals surface area contributed by atoms with Gasteiger partial charge in [-0.15, -0.1) is 0 Å². The van der Waals surface area contributed by atoms with Gasteiger partial charge in [-0.3, -0.25) is 9.59 Å². The molecular weight excluding hydrogens is 194 g/mol. The Morgan fingerprint density at radius 1 is 1.33 bits per heavy atom. The Morgan fingerprint density at radius 2 is 2.00 bits per heavy atom. The van der Waals surface area contributed by atoms with Gasteiger partial charge in [0, 0.05) is 6.04 Å². The summed E-state index contributed by atoms with van der Waals surface area (Å²) < 4.78 is 0. The zero-order chi connectivity index (χ0) is 11.2. The monoisotopic (exact) mass is 211 g/mol. The van der Waals surface area contributed by atoms with Crippen molar-refractivity contribution in [3.8, 4) is 0 Å². The van der Waals surface area contributed by atoms with Crippen molar-refractivity contribution in [2.45, 2.75) is 39.2 Å². The summed E-state index contributed by atoms with van der Waals surface area (Å²) in [5.41, 5.74) is 0.184. The minimum Gasteiger partial charge on any atom is -0.481 e. The molecule has 0 aromatic carbocycles. The third-order valence-electron chi connectivity index (χ3n) is 3.78. The third-order valence-corrected chi connectivity index (χ3v) is 3.78. The largest absolute Gasteiger partial charge is 0.481 e. The zero-order valence-corrected chi connectivity index (χ0v) is 9.12. The number of amides is 1. The molecule has 2 rings (SSSR count). The van der Waals surface area contributed by atoms with E-state index in [0.717, 1.165) is 12.8 Å². The van der Waals surface area contributed by atoms with Crippen molar-refractivity contribution in [2.75, 3.05) is 0 Å². The van der Waals surface area contributed by atoms with Crippen molar-refractivity contribution >= 4 is 11.9 Å². The van der Waals surface area contributed by atoms with Gasteiger partial charge in [-0.1, -0.05) is 13.8 Å². The van der Waals surface area contributed by atoms with Gasteiger partial charge < -0.3 is 10.4 Å². The SMILES string of the molecule is CC1(C)CCC1NC(=O)[C@@H]1C[C@@H]1C(=O)O. The molecule has 3 atom stereocenters. The van der Waals surface area contributed by atoms with Gasteiger partial charge in [0.15, 0.2) is 0 Å². The summed E-state index contributed by atoms with van der Waals surface area (Å²) in [5.74, 6) is -1.63. The van der Waals surface area contributed by atoms with Gasteiger partial charge in [-0.2, -0.15) is 0 Å². The fourth-order valence-corrected chi connectivity index (χ4v) is 2.17. The van der Waals surface area contributed by atoms with Gasteiger partial charge in [0.1, 0.15) is 0 Å². The molecule has 2 aliphatic rings. The van der Waals surface area contributed by atoms with E-state index in [0.29, 0.717) is 6.42 Å². The lowest BCUT2D eigenvalue weighted by molar-refractivity contribution is -0.140. The maximum Gasteiger partial charge on any atom is 0.307 e. The summed E-state index contributed by atoms with van der Waals surface area (Å²) in [6.45, 7) is 4.26. The molecule has 0 heterocycles. The number of aliphatic carboxylic acids is 1. The summed E-state index contributed by atoms with van der Waals surface area (Å²) in [6, 6.07) is 0.236. The first-order valence-electron chi connectivity index (χ1n) is 5.45. The van der Waals surface area contributed by atoms with Crippen molar-refractivity contribution < 1.29 is 14.7 Å². The Kier molecular flexibility index (Phi) is 2.24. The van der Waals surface area contributed by atoms with E-state index in [-0.39, 0.29) is 23.3 Å². The number of carbonyl (C=O) groups is 2. The third kappa shape index (κ3) is 1.85. The van der Waals surface area contributed by atoms with Crippen LogP contribution in [0.2, 0.25) is 0 Å². The second kappa shape index (κ2) is 3.22. The Bertz CT molecular complexity index is 311. The van der Waals surface area contributed by atoms with Crippen LogP contribution < -0.4 is 5.32 Å². The van der Waals surface area contributed by atoms with Gasteiger partial charge in [-0.05, 0) is 24.7 Å². The van der Waals surface area contributed by atoms with Crippen molar-refractivity contribution in [1.29, 1.82) is 0 Å². The van der Waals surface area contributed by atoms with Gasteiger partial charge in [0.25, 0.3) is 0 Å². The molecule has 84 valence electrons. The van der Waals surface area contributed by atoms with E-state index in [2.05, 4.69) is 19.2 Å². The molecular formula is C11H17NO3. The zero-order valence-electron chi connectivity index (χ0n) is 9.12. The van der Waals surface area contributed by atoms with E-state index < -0.39 is 11.9 Å².